The van der Waals surface area contributed by atoms with Crippen molar-refractivity contribution >= 4 is 45.1 Å². The summed E-state index contributed by atoms with van der Waals surface area (Å²) in [7, 11) is 0. The van der Waals surface area contributed by atoms with E-state index in [9.17, 15) is 63.2 Å². The van der Waals surface area contributed by atoms with Crippen molar-refractivity contribution < 1.29 is 52.7 Å². The van der Waals surface area contributed by atoms with Crippen LogP contribution in [0.3, 0.4) is 0 Å². The third-order valence-electron chi connectivity index (χ3n) is 12.0. The molecule has 0 saturated carbocycles. The van der Waals surface area contributed by atoms with E-state index in [-0.39, 0.29) is 45.5 Å². The first-order valence-electron chi connectivity index (χ1n) is 21.6. The standard InChI is InChI=1S/C54H39F12N3/c1-3-5-6-32(4-2)31-69-49-17-7-33(19-41(29-67)37-13-9-35(10-14-37)39-23-43(51(55,56)57)27-44(24-39)52(58,59)60)21-47(49)48-22-34(8-18-50(48)69)20-42(30-68)38-15-11-36(12-16-38)40-25-45(53(61,62)63)28-46(26-40)54(64,65)66/h7-28,32H,3-6,31H2,1-2H3/b41-19+,42-20+. The highest BCUT2D eigenvalue weighted by atomic mass is 19.4. The molecular weight excluding hydrogens is 919 g/mol. The maximum Gasteiger partial charge on any atom is 0.416 e. The number of nitrogens with zero attached hydrogens (tertiary/aromatic N) is 3. The Morgan fingerprint density at radius 1 is 0.493 bits per heavy atom. The number of nitriles is 2. The zero-order valence-electron chi connectivity index (χ0n) is 36.7. The van der Waals surface area contributed by atoms with Crippen LogP contribution in [0.15, 0.2) is 121 Å². The molecule has 0 amide bonds. The summed E-state index contributed by atoms with van der Waals surface area (Å²) in [4.78, 5) is 0. The number of hydrogen-bond donors (Lipinski definition) is 0. The molecule has 6 aromatic carbocycles. The molecular formula is C54H39F12N3. The molecule has 7 aromatic rings. The number of unbranched alkanes of at least 4 members (excludes halogenated alkanes) is 1. The third-order valence-corrected chi connectivity index (χ3v) is 12.0. The Balaban J connectivity index is 1.27. The molecule has 1 atom stereocenters. The number of aromatic nitrogens is 1. The molecule has 0 fully saturated rings. The highest BCUT2D eigenvalue weighted by Gasteiger charge is 2.38. The van der Waals surface area contributed by atoms with E-state index in [0.717, 1.165) is 47.5 Å². The molecule has 69 heavy (non-hydrogen) atoms. The molecule has 354 valence electrons. The molecule has 15 heteroatoms. The number of allylic oxidation sites excluding steroid dienone is 2. The van der Waals surface area contributed by atoms with Crippen LogP contribution in [0.4, 0.5) is 52.7 Å². The van der Waals surface area contributed by atoms with Crippen LogP contribution in [0.5, 0.6) is 0 Å². The summed E-state index contributed by atoms with van der Waals surface area (Å²) in [6.07, 6.45) is -12.9. The Bertz CT molecular complexity index is 2900. The van der Waals surface area contributed by atoms with Crippen molar-refractivity contribution in [2.45, 2.75) is 70.8 Å². The van der Waals surface area contributed by atoms with E-state index < -0.39 is 47.0 Å². The molecule has 0 aliphatic carbocycles. The Kier molecular flexibility index (Phi) is 13.9. The van der Waals surface area contributed by atoms with Gasteiger partial charge in [0.05, 0.1) is 45.5 Å². The lowest BCUT2D eigenvalue weighted by Gasteiger charge is -2.17. The van der Waals surface area contributed by atoms with Crippen LogP contribution in [0.25, 0.3) is 67.4 Å². The SMILES string of the molecule is CCCCC(CC)Cn1c2ccc(/C=C(\C#N)c3ccc(-c4cc(C(F)(F)F)cc(C(F)(F)F)c4)cc3)cc2c2cc(/C=C(\C#N)c3ccc(-c4cc(C(F)(F)F)cc(C(F)(F)F)c4)cc3)ccc21. The predicted octanol–water partition coefficient (Wildman–Crippen LogP) is 17.5. The third kappa shape index (κ3) is 11.2. The summed E-state index contributed by atoms with van der Waals surface area (Å²) in [5, 5.41) is 22.1. The quantitative estimate of drug-likeness (QED) is 0.0696. The van der Waals surface area contributed by atoms with Crippen LogP contribution in [-0.4, -0.2) is 4.57 Å². The lowest BCUT2D eigenvalue weighted by atomic mass is 9.96. The molecule has 0 bridgehead atoms. The number of rotatable bonds is 12. The van der Waals surface area contributed by atoms with E-state index in [1.165, 1.54) is 48.5 Å². The fraction of sp³-hybridized carbons (Fsp3) is 0.222. The summed E-state index contributed by atoms with van der Waals surface area (Å²) in [5.74, 6) is 0.344. The van der Waals surface area contributed by atoms with Crippen molar-refractivity contribution in [2.24, 2.45) is 5.92 Å². The first kappa shape index (κ1) is 49.6. The zero-order valence-corrected chi connectivity index (χ0v) is 36.7. The largest absolute Gasteiger partial charge is 0.416 e. The van der Waals surface area contributed by atoms with Crippen molar-refractivity contribution in [1.29, 1.82) is 10.5 Å². The zero-order chi connectivity index (χ0) is 50.1. The van der Waals surface area contributed by atoms with Gasteiger partial charge in [-0.05, 0) is 130 Å². The second kappa shape index (κ2) is 19.4. The van der Waals surface area contributed by atoms with E-state index in [1.807, 2.05) is 36.4 Å². The number of halogens is 12. The fourth-order valence-corrected chi connectivity index (χ4v) is 8.31. The smallest absolute Gasteiger partial charge is 0.340 e. The van der Waals surface area contributed by atoms with Crippen molar-refractivity contribution in [1.82, 2.24) is 4.57 Å². The predicted molar refractivity (Wildman–Crippen MR) is 243 cm³/mol. The lowest BCUT2D eigenvalue weighted by Crippen LogP contribution is -2.11. The van der Waals surface area contributed by atoms with Crippen molar-refractivity contribution in [2.75, 3.05) is 0 Å². The van der Waals surface area contributed by atoms with Crippen molar-refractivity contribution in [3.05, 3.63) is 166 Å². The monoisotopic (exact) mass is 957 g/mol. The van der Waals surface area contributed by atoms with Gasteiger partial charge in [-0.2, -0.15) is 63.2 Å². The minimum atomic E-state index is -5.03. The van der Waals surface area contributed by atoms with Gasteiger partial charge in [-0.3, -0.25) is 0 Å². The summed E-state index contributed by atoms with van der Waals surface area (Å²) >= 11 is 0. The Labute approximate surface area is 388 Å². The van der Waals surface area contributed by atoms with Gasteiger partial charge in [-0.1, -0.05) is 93.8 Å². The second-order valence-corrected chi connectivity index (χ2v) is 16.7. The summed E-state index contributed by atoms with van der Waals surface area (Å²) in [6, 6.07) is 29.4. The molecule has 0 aliphatic heterocycles. The van der Waals surface area contributed by atoms with E-state index in [2.05, 4.69) is 30.6 Å². The van der Waals surface area contributed by atoms with Gasteiger partial charge in [0, 0.05) is 28.4 Å². The molecule has 0 saturated heterocycles. The van der Waals surface area contributed by atoms with E-state index in [0.29, 0.717) is 59.0 Å². The maximum absolute atomic E-state index is 13.6. The lowest BCUT2D eigenvalue weighted by molar-refractivity contribution is -0.144. The Morgan fingerprint density at radius 3 is 1.16 bits per heavy atom. The van der Waals surface area contributed by atoms with Gasteiger partial charge in [0.25, 0.3) is 0 Å². The molecule has 1 aromatic heterocycles. The molecule has 1 unspecified atom stereocenters. The molecule has 0 aliphatic rings. The Morgan fingerprint density at radius 2 is 0.855 bits per heavy atom. The molecule has 0 N–H and O–H groups in total. The first-order valence-corrected chi connectivity index (χ1v) is 21.6. The van der Waals surface area contributed by atoms with Gasteiger partial charge >= 0.3 is 24.7 Å². The molecule has 1 heterocycles. The molecule has 0 radical (unpaired) electrons. The average molecular weight is 958 g/mol. The van der Waals surface area contributed by atoms with E-state index in [4.69, 9.17) is 0 Å². The van der Waals surface area contributed by atoms with Crippen LogP contribution in [-0.2, 0) is 31.2 Å². The van der Waals surface area contributed by atoms with Crippen LogP contribution in [0.1, 0.15) is 84.0 Å². The van der Waals surface area contributed by atoms with Gasteiger partial charge in [0.15, 0.2) is 0 Å². The van der Waals surface area contributed by atoms with Gasteiger partial charge in [0.1, 0.15) is 0 Å². The van der Waals surface area contributed by atoms with Crippen molar-refractivity contribution in [3.63, 3.8) is 0 Å². The first-order chi connectivity index (χ1) is 32.5. The minimum Gasteiger partial charge on any atom is -0.340 e. The second-order valence-electron chi connectivity index (χ2n) is 16.7. The van der Waals surface area contributed by atoms with Crippen LogP contribution in [0.2, 0.25) is 0 Å². The van der Waals surface area contributed by atoms with Gasteiger partial charge in [0.2, 0.25) is 0 Å². The number of benzene rings is 6. The molecule has 7 rings (SSSR count). The maximum atomic E-state index is 13.6. The van der Waals surface area contributed by atoms with Crippen LogP contribution >= 0.6 is 0 Å². The summed E-state index contributed by atoms with van der Waals surface area (Å²) in [5.41, 5.74) is -2.23. The normalized spacial score (nSPS) is 13.4. The van der Waals surface area contributed by atoms with Crippen LogP contribution < -0.4 is 0 Å². The molecule has 3 nitrogen and oxygen atoms in total. The number of fused-ring (bicyclic) bond motifs is 3. The van der Waals surface area contributed by atoms with E-state index in [1.54, 1.807) is 12.2 Å². The minimum absolute atomic E-state index is 0.0554. The van der Waals surface area contributed by atoms with Gasteiger partial charge in [-0.15, -0.1) is 0 Å². The average Bonchev–Trinajstić information content (AvgIpc) is 3.61. The highest BCUT2D eigenvalue weighted by Crippen LogP contribution is 2.41. The number of hydrogen-bond acceptors (Lipinski definition) is 2. The van der Waals surface area contributed by atoms with E-state index >= 15 is 0 Å². The highest BCUT2D eigenvalue weighted by molar-refractivity contribution is 6.10. The fourth-order valence-electron chi connectivity index (χ4n) is 8.31. The summed E-state index contributed by atoms with van der Waals surface area (Å²) < 4.78 is 165. The van der Waals surface area contributed by atoms with Gasteiger partial charge in [-0.25, -0.2) is 0 Å². The topological polar surface area (TPSA) is 52.5 Å². The van der Waals surface area contributed by atoms with Crippen molar-refractivity contribution in [3.8, 4) is 34.4 Å². The van der Waals surface area contributed by atoms with Gasteiger partial charge < -0.3 is 4.57 Å². The molecule has 0 spiro atoms. The van der Waals surface area contributed by atoms with Crippen LogP contribution in [0, 0.1) is 28.6 Å². The number of alkyl halides is 12. The summed E-state index contributed by atoms with van der Waals surface area (Å²) in [6.45, 7) is 4.95. The Hall–Kier alpha value is -7.26.